The van der Waals surface area contributed by atoms with Gasteiger partial charge in [0.25, 0.3) is 0 Å². The van der Waals surface area contributed by atoms with Gasteiger partial charge in [0.1, 0.15) is 0 Å². The summed E-state index contributed by atoms with van der Waals surface area (Å²) >= 11 is 1.78. The Labute approximate surface area is 144 Å². The maximum Gasteiger partial charge on any atom is 0.220 e. The lowest BCUT2D eigenvalue weighted by atomic mass is 9.87. The first kappa shape index (κ1) is 17.0. The minimum atomic E-state index is 0.289. The average Bonchev–Trinajstić information content (AvgIpc) is 3.08. The second-order valence-electron chi connectivity index (χ2n) is 7.36. The van der Waals surface area contributed by atoms with Crippen LogP contribution in [0.4, 0.5) is 0 Å². The van der Waals surface area contributed by atoms with Gasteiger partial charge in [-0.3, -0.25) is 9.69 Å². The molecule has 0 spiro atoms. The topological polar surface area (TPSA) is 32.3 Å². The van der Waals surface area contributed by atoms with Crippen LogP contribution in [-0.2, 0) is 11.3 Å². The van der Waals surface area contributed by atoms with Crippen LogP contribution in [-0.4, -0.2) is 30.4 Å². The smallest absolute Gasteiger partial charge is 0.220 e. The molecule has 1 saturated heterocycles. The summed E-state index contributed by atoms with van der Waals surface area (Å²) in [6, 6.07) is 2.22. The van der Waals surface area contributed by atoms with E-state index < -0.39 is 0 Å². The summed E-state index contributed by atoms with van der Waals surface area (Å²) in [5, 5.41) is 7.61. The van der Waals surface area contributed by atoms with E-state index in [1.165, 1.54) is 63.6 Å². The van der Waals surface area contributed by atoms with Crippen molar-refractivity contribution in [3.05, 3.63) is 22.4 Å². The number of nitrogens with one attached hydrogen (secondary N) is 1. The van der Waals surface area contributed by atoms with E-state index in [0.29, 0.717) is 11.8 Å². The fraction of sp³-hybridized carbons (Fsp3) is 0.737. The number of hydrogen-bond donors (Lipinski definition) is 1. The summed E-state index contributed by atoms with van der Waals surface area (Å²) < 4.78 is 0. The van der Waals surface area contributed by atoms with Crippen LogP contribution in [0, 0.1) is 11.8 Å². The molecule has 3 rings (SSSR count). The molecule has 128 valence electrons. The van der Waals surface area contributed by atoms with E-state index in [2.05, 4.69) is 27.0 Å². The molecule has 2 fully saturated rings. The molecule has 23 heavy (non-hydrogen) atoms. The average molecular weight is 335 g/mol. The van der Waals surface area contributed by atoms with Crippen molar-refractivity contribution in [2.45, 2.75) is 57.9 Å². The third kappa shape index (κ3) is 5.61. The Morgan fingerprint density at radius 3 is 2.61 bits per heavy atom. The Bertz CT molecular complexity index is 460. The molecule has 1 aromatic rings. The summed E-state index contributed by atoms with van der Waals surface area (Å²) in [7, 11) is 0. The molecule has 3 nitrogen and oxygen atoms in total. The van der Waals surface area contributed by atoms with Crippen molar-refractivity contribution in [1.82, 2.24) is 10.2 Å². The Kier molecular flexibility index (Phi) is 6.52. The van der Waals surface area contributed by atoms with Gasteiger partial charge in [0.05, 0.1) is 0 Å². The van der Waals surface area contributed by atoms with Gasteiger partial charge in [0.2, 0.25) is 5.91 Å². The highest BCUT2D eigenvalue weighted by Crippen LogP contribution is 2.26. The lowest BCUT2D eigenvalue weighted by molar-refractivity contribution is -0.122. The molecular formula is C19H30N2OS. The Morgan fingerprint density at radius 1 is 1.13 bits per heavy atom. The SMILES string of the molecule is O=C(CC1CCCCC1)NCC1CCN(Cc2ccsc2)CC1. The fourth-order valence-corrected chi connectivity index (χ4v) is 4.63. The van der Waals surface area contributed by atoms with Gasteiger partial charge in [-0.05, 0) is 73.0 Å². The normalized spacial score (nSPS) is 21.4. The minimum Gasteiger partial charge on any atom is -0.356 e. The van der Waals surface area contributed by atoms with E-state index in [-0.39, 0.29) is 5.91 Å². The van der Waals surface area contributed by atoms with Crippen LogP contribution < -0.4 is 5.32 Å². The first-order valence-corrected chi connectivity index (χ1v) is 10.2. The third-order valence-electron chi connectivity index (χ3n) is 5.48. The van der Waals surface area contributed by atoms with Crippen molar-refractivity contribution in [3.63, 3.8) is 0 Å². The van der Waals surface area contributed by atoms with Gasteiger partial charge in [-0.1, -0.05) is 19.3 Å². The number of carbonyl (C=O) groups excluding carboxylic acids is 1. The molecule has 2 aliphatic rings. The van der Waals surface area contributed by atoms with Crippen LogP contribution in [0.3, 0.4) is 0 Å². The maximum absolute atomic E-state index is 12.1. The summed E-state index contributed by atoms with van der Waals surface area (Å²) in [5.74, 6) is 1.61. The molecule has 0 atom stereocenters. The fourth-order valence-electron chi connectivity index (χ4n) is 3.97. The van der Waals surface area contributed by atoms with Gasteiger partial charge >= 0.3 is 0 Å². The number of hydrogen-bond acceptors (Lipinski definition) is 3. The highest BCUT2D eigenvalue weighted by Gasteiger charge is 2.21. The molecule has 4 heteroatoms. The summed E-state index contributed by atoms with van der Waals surface area (Å²) in [4.78, 5) is 14.7. The lowest BCUT2D eigenvalue weighted by Crippen LogP contribution is -2.38. The molecule has 0 bridgehead atoms. The van der Waals surface area contributed by atoms with Gasteiger partial charge in [-0.2, -0.15) is 11.3 Å². The summed E-state index contributed by atoms with van der Waals surface area (Å²) in [5.41, 5.74) is 1.44. The molecule has 1 amide bonds. The van der Waals surface area contributed by atoms with Gasteiger partial charge in [0.15, 0.2) is 0 Å². The standard InChI is InChI=1S/C19H30N2OS/c22-19(12-16-4-2-1-3-5-16)20-13-17-6-9-21(10-7-17)14-18-8-11-23-15-18/h8,11,15-17H,1-7,9-10,12-14H2,(H,20,22). The van der Waals surface area contributed by atoms with Crippen molar-refractivity contribution >= 4 is 17.2 Å². The van der Waals surface area contributed by atoms with Crippen LogP contribution in [0.15, 0.2) is 16.8 Å². The Balaban J connectivity index is 1.30. The van der Waals surface area contributed by atoms with E-state index in [1.54, 1.807) is 11.3 Å². The van der Waals surface area contributed by atoms with Gasteiger partial charge in [-0.25, -0.2) is 0 Å². The van der Waals surface area contributed by atoms with Crippen molar-refractivity contribution in [2.75, 3.05) is 19.6 Å². The molecule has 0 unspecified atom stereocenters. The summed E-state index contributed by atoms with van der Waals surface area (Å²) in [6.07, 6.45) is 9.71. The van der Waals surface area contributed by atoms with Crippen LogP contribution in [0.1, 0.15) is 56.9 Å². The van der Waals surface area contributed by atoms with E-state index in [9.17, 15) is 4.79 Å². The zero-order chi connectivity index (χ0) is 15.9. The predicted molar refractivity (Wildman–Crippen MR) is 96.5 cm³/mol. The quantitative estimate of drug-likeness (QED) is 0.851. The Morgan fingerprint density at radius 2 is 1.91 bits per heavy atom. The molecule has 1 aliphatic heterocycles. The van der Waals surface area contributed by atoms with Crippen LogP contribution in [0.2, 0.25) is 0 Å². The van der Waals surface area contributed by atoms with Gasteiger partial charge < -0.3 is 5.32 Å². The number of thiophene rings is 1. The molecule has 1 aliphatic carbocycles. The monoisotopic (exact) mass is 334 g/mol. The van der Waals surface area contributed by atoms with Crippen LogP contribution in [0.25, 0.3) is 0 Å². The van der Waals surface area contributed by atoms with Crippen molar-refractivity contribution in [1.29, 1.82) is 0 Å². The molecule has 1 N–H and O–H groups in total. The molecular weight excluding hydrogens is 304 g/mol. The number of nitrogens with zero attached hydrogens (tertiary/aromatic N) is 1. The predicted octanol–water partition coefficient (Wildman–Crippen LogP) is 4.05. The largest absolute Gasteiger partial charge is 0.356 e. The van der Waals surface area contributed by atoms with Crippen LogP contribution in [0.5, 0.6) is 0 Å². The van der Waals surface area contributed by atoms with Crippen LogP contribution >= 0.6 is 11.3 Å². The lowest BCUT2D eigenvalue weighted by Gasteiger charge is -2.32. The summed E-state index contributed by atoms with van der Waals surface area (Å²) in [6.45, 7) is 4.31. The number of carbonyl (C=O) groups is 1. The molecule has 0 aromatic carbocycles. The number of piperidine rings is 1. The van der Waals surface area contributed by atoms with E-state index in [0.717, 1.165) is 19.5 Å². The minimum absolute atomic E-state index is 0.289. The zero-order valence-corrected chi connectivity index (χ0v) is 15.0. The first-order chi connectivity index (χ1) is 11.3. The number of likely N-dealkylation sites (tertiary alicyclic amines) is 1. The van der Waals surface area contributed by atoms with E-state index >= 15 is 0 Å². The Hall–Kier alpha value is -0.870. The van der Waals surface area contributed by atoms with E-state index in [1.807, 2.05) is 0 Å². The highest BCUT2D eigenvalue weighted by molar-refractivity contribution is 7.07. The number of amides is 1. The zero-order valence-electron chi connectivity index (χ0n) is 14.1. The second-order valence-corrected chi connectivity index (χ2v) is 8.14. The highest BCUT2D eigenvalue weighted by atomic mass is 32.1. The van der Waals surface area contributed by atoms with Crippen molar-refractivity contribution in [3.8, 4) is 0 Å². The molecule has 1 aromatic heterocycles. The van der Waals surface area contributed by atoms with Gasteiger partial charge in [-0.15, -0.1) is 0 Å². The number of rotatable bonds is 6. The molecule has 0 radical (unpaired) electrons. The maximum atomic E-state index is 12.1. The van der Waals surface area contributed by atoms with Crippen molar-refractivity contribution in [2.24, 2.45) is 11.8 Å². The van der Waals surface area contributed by atoms with E-state index in [4.69, 9.17) is 0 Å². The molecule has 1 saturated carbocycles. The van der Waals surface area contributed by atoms with Gasteiger partial charge in [0, 0.05) is 19.5 Å². The van der Waals surface area contributed by atoms with Crippen molar-refractivity contribution < 1.29 is 4.79 Å². The first-order valence-electron chi connectivity index (χ1n) is 9.30. The molecule has 2 heterocycles. The third-order valence-corrected chi connectivity index (χ3v) is 6.21. The second kappa shape index (κ2) is 8.84.